The molecule has 1 nitrogen and oxygen atoms in total. The molecule has 1 aliphatic carbocycles. The first-order valence-electron chi connectivity index (χ1n) is 6.84. The van der Waals surface area contributed by atoms with E-state index >= 15 is 0 Å². The number of hydrogen-bond donors (Lipinski definition) is 1. The second-order valence-corrected chi connectivity index (χ2v) is 6.10. The lowest BCUT2D eigenvalue weighted by atomic mass is 9.76. The smallest absolute Gasteiger partial charge is 0.0220 e. The Morgan fingerprint density at radius 1 is 0.947 bits per heavy atom. The molecule has 19 heavy (non-hydrogen) atoms. The number of benzene rings is 2. The molecule has 0 aromatic heterocycles. The quantitative estimate of drug-likeness (QED) is 0.876. The van der Waals surface area contributed by atoms with E-state index in [0.29, 0.717) is 6.04 Å². The summed E-state index contributed by atoms with van der Waals surface area (Å²) in [5.41, 5.74) is 2.83. The summed E-state index contributed by atoms with van der Waals surface area (Å²) in [4.78, 5) is 0. The number of nitrogens with one attached hydrogen (secondary N) is 1. The van der Waals surface area contributed by atoms with Crippen LogP contribution in [0.15, 0.2) is 59.1 Å². The van der Waals surface area contributed by atoms with Crippen LogP contribution in [0, 0.1) is 0 Å². The molecule has 0 unspecified atom stereocenters. The molecule has 2 heteroatoms. The highest BCUT2D eigenvalue weighted by Gasteiger charge is 2.29. The number of hydrogen-bond acceptors (Lipinski definition) is 1. The summed E-state index contributed by atoms with van der Waals surface area (Å²) in [6.45, 7) is 0.952. The van der Waals surface area contributed by atoms with Crippen LogP contribution in [0.1, 0.15) is 29.9 Å². The summed E-state index contributed by atoms with van der Waals surface area (Å²) in [7, 11) is 0. The van der Waals surface area contributed by atoms with Crippen molar-refractivity contribution in [1.29, 1.82) is 0 Å². The van der Waals surface area contributed by atoms with Gasteiger partial charge in [0.15, 0.2) is 0 Å². The zero-order chi connectivity index (χ0) is 13.1. The molecule has 0 radical (unpaired) electrons. The van der Waals surface area contributed by atoms with Crippen LogP contribution in [0.25, 0.3) is 0 Å². The van der Waals surface area contributed by atoms with Crippen molar-refractivity contribution in [2.24, 2.45) is 0 Å². The minimum atomic E-state index is 0.664. The third-order valence-electron chi connectivity index (χ3n) is 3.95. The van der Waals surface area contributed by atoms with E-state index in [4.69, 9.17) is 0 Å². The van der Waals surface area contributed by atoms with Crippen LogP contribution in [0.5, 0.6) is 0 Å². The van der Waals surface area contributed by atoms with Crippen molar-refractivity contribution in [3.8, 4) is 0 Å². The Kier molecular flexibility index (Phi) is 4.00. The minimum absolute atomic E-state index is 0.664. The Balaban J connectivity index is 1.49. The molecule has 0 spiro atoms. The molecular weight excluding hydrogens is 298 g/mol. The van der Waals surface area contributed by atoms with Gasteiger partial charge in [-0.1, -0.05) is 64.5 Å². The lowest BCUT2D eigenvalue weighted by molar-refractivity contribution is 0.289. The standard InChI is InChI=1S/C17H18BrN/c18-17-9-5-4-8-14(17)12-19-16-10-15(11-16)13-6-2-1-3-7-13/h1-9,15-16,19H,10-12H2. The van der Waals surface area contributed by atoms with Crippen molar-refractivity contribution < 1.29 is 0 Å². The molecule has 0 heterocycles. The van der Waals surface area contributed by atoms with Gasteiger partial charge in [-0.15, -0.1) is 0 Å². The summed E-state index contributed by atoms with van der Waals surface area (Å²) in [6.07, 6.45) is 2.52. The minimum Gasteiger partial charge on any atom is -0.310 e. The van der Waals surface area contributed by atoms with Crippen LogP contribution in [0.3, 0.4) is 0 Å². The predicted molar refractivity (Wildman–Crippen MR) is 83.2 cm³/mol. The summed E-state index contributed by atoms with van der Waals surface area (Å²) in [6, 6.07) is 19.9. The fourth-order valence-electron chi connectivity index (χ4n) is 2.68. The summed E-state index contributed by atoms with van der Waals surface area (Å²) in [5.74, 6) is 0.748. The lowest BCUT2D eigenvalue weighted by Gasteiger charge is -2.36. The third-order valence-corrected chi connectivity index (χ3v) is 4.72. The van der Waals surface area contributed by atoms with Gasteiger partial charge in [-0.3, -0.25) is 0 Å². The second kappa shape index (κ2) is 5.89. The van der Waals surface area contributed by atoms with Crippen LogP contribution < -0.4 is 5.32 Å². The molecule has 0 saturated heterocycles. The molecule has 2 aromatic rings. The Bertz CT molecular complexity index is 532. The van der Waals surface area contributed by atoms with E-state index in [1.165, 1.54) is 28.4 Å². The van der Waals surface area contributed by atoms with Crippen molar-refractivity contribution in [3.63, 3.8) is 0 Å². The molecule has 2 aromatic carbocycles. The summed E-state index contributed by atoms with van der Waals surface area (Å²) < 4.78 is 1.20. The highest BCUT2D eigenvalue weighted by atomic mass is 79.9. The molecule has 1 N–H and O–H groups in total. The topological polar surface area (TPSA) is 12.0 Å². The highest BCUT2D eigenvalue weighted by molar-refractivity contribution is 9.10. The lowest BCUT2D eigenvalue weighted by Crippen LogP contribution is -2.39. The van der Waals surface area contributed by atoms with Gasteiger partial charge in [0.1, 0.15) is 0 Å². The van der Waals surface area contributed by atoms with E-state index in [-0.39, 0.29) is 0 Å². The summed E-state index contributed by atoms with van der Waals surface area (Å²) in [5, 5.41) is 3.65. The highest BCUT2D eigenvalue weighted by Crippen LogP contribution is 2.36. The molecule has 3 rings (SSSR count). The van der Waals surface area contributed by atoms with Gasteiger partial charge in [-0.25, -0.2) is 0 Å². The van der Waals surface area contributed by atoms with Crippen molar-refractivity contribution in [1.82, 2.24) is 5.32 Å². The zero-order valence-electron chi connectivity index (χ0n) is 10.9. The van der Waals surface area contributed by atoms with Gasteiger partial charge in [0.25, 0.3) is 0 Å². The molecule has 98 valence electrons. The zero-order valence-corrected chi connectivity index (χ0v) is 12.4. The maximum Gasteiger partial charge on any atom is 0.0220 e. The van der Waals surface area contributed by atoms with E-state index in [0.717, 1.165) is 12.5 Å². The van der Waals surface area contributed by atoms with Crippen LogP contribution in [0.2, 0.25) is 0 Å². The fourth-order valence-corrected chi connectivity index (χ4v) is 3.10. The first-order chi connectivity index (χ1) is 9.33. The maximum atomic E-state index is 3.65. The molecule has 1 aliphatic rings. The van der Waals surface area contributed by atoms with Gasteiger partial charge >= 0.3 is 0 Å². The molecule has 0 atom stereocenters. The third kappa shape index (κ3) is 3.07. The van der Waals surface area contributed by atoms with Gasteiger partial charge in [-0.05, 0) is 36.0 Å². The Morgan fingerprint density at radius 2 is 1.63 bits per heavy atom. The maximum absolute atomic E-state index is 3.65. The Labute approximate surface area is 123 Å². The van der Waals surface area contributed by atoms with Gasteiger partial charge in [0.05, 0.1) is 0 Å². The molecular formula is C17H18BrN. The molecule has 0 aliphatic heterocycles. The first kappa shape index (κ1) is 12.9. The van der Waals surface area contributed by atoms with Gasteiger partial charge in [0, 0.05) is 17.1 Å². The van der Waals surface area contributed by atoms with Crippen molar-refractivity contribution >= 4 is 15.9 Å². The van der Waals surface area contributed by atoms with Crippen LogP contribution in [-0.2, 0) is 6.54 Å². The van der Waals surface area contributed by atoms with Crippen molar-refractivity contribution in [3.05, 3.63) is 70.2 Å². The van der Waals surface area contributed by atoms with E-state index < -0.39 is 0 Å². The van der Waals surface area contributed by atoms with Crippen LogP contribution in [-0.4, -0.2) is 6.04 Å². The monoisotopic (exact) mass is 315 g/mol. The Hall–Kier alpha value is -1.12. The first-order valence-corrected chi connectivity index (χ1v) is 7.64. The van der Waals surface area contributed by atoms with E-state index in [1.54, 1.807) is 0 Å². The van der Waals surface area contributed by atoms with Crippen LogP contribution >= 0.6 is 15.9 Å². The fraction of sp³-hybridized carbons (Fsp3) is 0.294. The van der Waals surface area contributed by atoms with E-state index in [2.05, 4.69) is 75.8 Å². The number of halogens is 1. The molecule has 0 bridgehead atoms. The number of rotatable bonds is 4. The molecule has 1 saturated carbocycles. The average molecular weight is 316 g/mol. The molecule has 1 fully saturated rings. The Morgan fingerprint density at radius 3 is 2.37 bits per heavy atom. The predicted octanol–water partition coefficient (Wildman–Crippen LogP) is 4.48. The largest absolute Gasteiger partial charge is 0.310 e. The van der Waals surface area contributed by atoms with Crippen molar-refractivity contribution in [2.75, 3.05) is 0 Å². The SMILES string of the molecule is Brc1ccccc1CNC1CC(c2ccccc2)C1. The molecule has 0 amide bonds. The van der Waals surface area contributed by atoms with E-state index in [1.807, 2.05) is 0 Å². The van der Waals surface area contributed by atoms with Gasteiger partial charge in [-0.2, -0.15) is 0 Å². The summed E-state index contributed by atoms with van der Waals surface area (Å²) >= 11 is 3.59. The van der Waals surface area contributed by atoms with Gasteiger partial charge in [0.2, 0.25) is 0 Å². The second-order valence-electron chi connectivity index (χ2n) is 5.25. The van der Waals surface area contributed by atoms with Gasteiger partial charge < -0.3 is 5.32 Å². The van der Waals surface area contributed by atoms with Crippen LogP contribution in [0.4, 0.5) is 0 Å². The van der Waals surface area contributed by atoms with E-state index in [9.17, 15) is 0 Å². The average Bonchev–Trinajstić information content (AvgIpc) is 2.40. The van der Waals surface area contributed by atoms with Crippen molar-refractivity contribution in [2.45, 2.75) is 31.3 Å². The normalized spacial score (nSPS) is 21.9.